The third-order valence-electron chi connectivity index (χ3n) is 6.04. The Morgan fingerprint density at radius 2 is 2.03 bits per heavy atom. The van der Waals surface area contributed by atoms with E-state index < -0.39 is 5.60 Å². The second kappa shape index (κ2) is 6.66. The Labute approximate surface area is 168 Å². The van der Waals surface area contributed by atoms with Crippen LogP contribution in [0.2, 0.25) is 0 Å². The smallest absolute Gasteiger partial charge is 0.254 e. The topological polar surface area (TPSA) is 97.3 Å². The van der Waals surface area contributed by atoms with E-state index in [0.717, 1.165) is 29.3 Å². The number of likely N-dealkylation sites (tertiary alicyclic amines) is 1. The molecule has 0 atom stereocenters. The number of aromatic nitrogens is 4. The van der Waals surface area contributed by atoms with Crippen LogP contribution < -0.4 is 0 Å². The van der Waals surface area contributed by atoms with Crippen LogP contribution in [0.3, 0.4) is 0 Å². The first-order valence-electron chi connectivity index (χ1n) is 10.3. The number of amides is 1. The highest BCUT2D eigenvalue weighted by Gasteiger charge is 2.50. The second-order valence-electron chi connectivity index (χ2n) is 8.51. The summed E-state index contributed by atoms with van der Waals surface area (Å²) in [5.74, 6) is 1.20. The molecule has 1 aliphatic carbocycles. The lowest BCUT2D eigenvalue weighted by atomic mass is 9.96. The summed E-state index contributed by atoms with van der Waals surface area (Å²) in [6.07, 6.45) is 4.57. The van der Waals surface area contributed by atoms with Gasteiger partial charge in [0.1, 0.15) is 5.60 Å². The van der Waals surface area contributed by atoms with Crippen LogP contribution in [-0.2, 0) is 4.79 Å². The van der Waals surface area contributed by atoms with Crippen LogP contribution in [0.15, 0.2) is 28.9 Å². The van der Waals surface area contributed by atoms with Crippen molar-refractivity contribution in [1.82, 2.24) is 24.8 Å². The Balaban J connectivity index is 1.32. The van der Waals surface area contributed by atoms with Gasteiger partial charge < -0.3 is 14.5 Å². The maximum atomic E-state index is 12.3. The molecule has 0 unspecified atom stereocenters. The van der Waals surface area contributed by atoms with Gasteiger partial charge in [-0.05, 0) is 45.6 Å². The minimum atomic E-state index is -1.09. The average molecular weight is 395 g/mol. The molecular formula is C21H25N5O3. The van der Waals surface area contributed by atoms with E-state index in [-0.39, 0.29) is 17.9 Å². The zero-order valence-electron chi connectivity index (χ0n) is 16.7. The summed E-state index contributed by atoms with van der Waals surface area (Å²) in [4.78, 5) is 18.7. The maximum absolute atomic E-state index is 12.3. The normalized spacial score (nSPS) is 19.2. The first-order valence-corrected chi connectivity index (χ1v) is 10.3. The number of nitrogens with zero attached hydrogens (tertiary/aromatic N) is 5. The number of fused-ring (bicyclic) bond motifs is 1. The van der Waals surface area contributed by atoms with E-state index >= 15 is 0 Å². The first-order chi connectivity index (χ1) is 13.9. The van der Waals surface area contributed by atoms with Gasteiger partial charge in [-0.1, -0.05) is 17.3 Å². The van der Waals surface area contributed by atoms with Gasteiger partial charge in [0.25, 0.3) is 5.91 Å². The second-order valence-corrected chi connectivity index (χ2v) is 8.51. The molecular weight excluding hydrogens is 370 g/mol. The highest BCUT2D eigenvalue weighted by molar-refractivity contribution is 5.88. The predicted octanol–water partition coefficient (Wildman–Crippen LogP) is 2.90. The van der Waals surface area contributed by atoms with E-state index in [4.69, 9.17) is 4.52 Å². The van der Waals surface area contributed by atoms with Gasteiger partial charge in [0, 0.05) is 36.0 Å². The number of benzene rings is 1. The van der Waals surface area contributed by atoms with Crippen molar-refractivity contribution in [2.24, 2.45) is 0 Å². The van der Waals surface area contributed by atoms with Crippen molar-refractivity contribution in [3.8, 4) is 11.4 Å². The molecule has 0 bridgehead atoms. The van der Waals surface area contributed by atoms with Gasteiger partial charge in [-0.2, -0.15) is 10.1 Å². The minimum Gasteiger partial charge on any atom is -0.380 e. The van der Waals surface area contributed by atoms with Gasteiger partial charge in [-0.25, -0.2) is 0 Å². The molecule has 152 valence electrons. The summed E-state index contributed by atoms with van der Waals surface area (Å²) in [5.41, 5.74) is 0.859. The van der Waals surface area contributed by atoms with Crippen LogP contribution in [0, 0.1) is 0 Å². The summed E-state index contributed by atoms with van der Waals surface area (Å²) >= 11 is 0. The molecule has 0 spiro atoms. The number of aliphatic hydroxyl groups is 1. The highest BCUT2D eigenvalue weighted by Crippen LogP contribution is 2.38. The van der Waals surface area contributed by atoms with Gasteiger partial charge in [-0.3, -0.25) is 9.48 Å². The zero-order chi connectivity index (χ0) is 20.2. The van der Waals surface area contributed by atoms with Crippen LogP contribution >= 0.6 is 0 Å². The Morgan fingerprint density at radius 1 is 1.28 bits per heavy atom. The number of hydrogen-bond acceptors (Lipinski definition) is 6. The Hall–Kier alpha value is -2.74. The Kier molecular flexibility index (Phi) is 4.20. The number of carbonyl (C=O) groups is 1. The van der Waals surface area contributed by atoms with Crippen molar-refractivity contribution in [2.45, 2.75) is 57.1 Å². The van der Waals surface area contributed by atoms with Crippen LogP contribution in [-0.4, -0.2) is 54.5 Å². The minimum absolute atomic E-state index is 0.128. The predicted molar refractivity (Wildman–Crippen MR) is 106 cm³/mol. The van der Waals surface area contributed by atoms with E-state index in [2.05, 4.69) is 35.2 Å². The van der Waals surface area contributed by atoms with E-state index in [1.807, 2.05) is 23.0 Å². The molecule has 1 saturated heterocycles. The number of rotatable bonds is 4. The third-order valence-corrected chi connectivity index (χ3v) is 6.04. The Bertz CT molecular complexity index is 1060. The van der Waals surface area contributed by atoms with E-state index in [1.54, 1.807) is 4.90 Å². The largest absolute Gasteiger partial charge is 0.380 e. The molecule has 1 aliphatic heterocycles. The van der Waals surface area contributed by atoms with Gasteiger partial charge in [0.2, 0.25) is 11.7 Å². The lowest BCUT2D eigenvalue weighted by Gasteiger charge is -2.31. The lowest BCUT2D eigenvalue weighted by Crippen LogP contribution is -2.44. The average Bonchev–Trinajstić information content (AvgIpc) is 3.15. The van der Waals surface area contributed by atoms with Crippen molar-refractivity contribution in [2.75, 3.05) is 13.1 Å². The number of piperidine rings is 1. The molecule has 0 radical (unpaired) electrons. The van der Waals surface area contributed by atoms with E-state index in [0.29, 0.717) is 37.6 Å². The molecule has 29 heavy (non-hydrogen) atoms. The molecule has 1 amide bonds. The molecule has 8 nitrogen and oxygen atoms in total. The fourth-order valence-corrected chi connectivity index (χ4v) is 4.06. The molecule has 2 aromatic heterocycles. The highest BCUT2D eigenvalue weighted by atomic mass is 16.5. The maximum Gasteiger partial charge on any atom is 0.254 e. The molecule has 3 aromatic rings. The van der Waals surface area contributed by atoms with Crippen LogP contribution in [0.1, 0.15) is 57.4 Å². The van der Waals surface area contributed by atoms with Crippen molar-refractivity contribution >= 4 is 16.8 Å². The zero-order valence-corrected chi connectivity index (χ0v) is 16.7. The first kappa shape index (κ1) is 18.3. The summed E-state index contributed by atoms with van der Waals surface area (Å²) in [6.45, 7) is 5.43. The molecule has 2 fully saturated rings. The Morgan fingerprint density at radius 3 is 2.72 bits per heavy atom. The summed E-state index contributed by atoms with van der Waals surface area (Å²) in [6, 6.07) is 6.33. The fourth-order valence-electron chi connectivity index (χ4n) is 4.06. The van der Waals surface area contributed by atoms with Crippen LogP contribution in [0.25, 0.3) is 22.3 Å². The summed E-state index contributed by atoms with van der Waals surface area (Å²) < 4.78 is 7.56. The number of hydrogen-bond donors (Lipinski definition) is 1. The number of carbonyl (C=O) groups excluding carboxylic acids is 1. The molecule has 2 aliphatic rings. The molecule has 1 aromatic carbocycles. The van der Waals surface area contributed by atoms with E-state index in [1.165, 1.54) is 0 Å². The van der Waals surface area contributed by atoms with Crippen molar-refractivity contribution < 1.29 is 14.4 Å². The quantitative estimate of drug-likeness (QED) is 0.729. The fraction of sp³-hybridized carbons (Fsp3) is 0.524. The summed E-state index contributed by atoms with van der Waals surface area (Å²) in [7, 11) is 0. The van der Waals surface area contributed by atoms with Crippen LogP contribution in [0.5, 0.6) is 0 Å². The molecule has 3 heterocycles. The van der Waals surface area contributed by atoms with Gasteiger partial charge >= 0.3 is 0 Å². The molecule has 5 rings (SSSR count). The van der Waals surface area contributed by atoms with Crippen molar-refractivity contribution in [3.05, 3.63) is 30.3 Å². The van der Waals surface area contributed by atoms with Crippen molar-refractivity contribution in [1.29, 1.82) is 0 Å². The van der Waals surface area contributed by atoms with Crippen molar-refractivity contribution in [3.63, 3.8) is 0 Å². The SMILES string of the molecule is CC(C)n1ncc2ccc(-c3noc(C4CCN(C(=O)C5(O)CC5)CC4)n3)cc21. The molecule has 1 saturated carbocycles. The lowest BCUT2D eigenvalue weighted by molar-refractivity contribution is -0.143. The van der Waals surface area contributed by atoms with E-state index in [9.17, 15) is 9.90 Å². The van der Waals surface area contributed by atoms with Crippen LogP contribution in [0.4, 0.5) is 0 Å². The van der Waals surface area contributed by atoms with Gasteiger partial charge in [0.15, 0.2) is 0 Å². The van der Waals surface area contributed by atoms with Gasteiger partial charge in [-0.15, -0.1) is 0 Å². The molecule has 1 N–H and O–H groups in total. The third kappa shape index (κ3) is 3.21. The monoisotopic (exact) mass is 395 g/mol. The molecule has 8 heteroatoms. The summed E-state index contributed by atoms with van der Waals surface area (Å²) in [5, 5.41) is 19.8. The van der Waals surface area contributed by atoms with Gasteiger partial charge in [0.05, 0.1) is 11.7 Å². The standard InChI is InChI=1S/C21H25N5O3/c1-13(2)26-17-11-15(3-4-16(17)12-22-26)18-23-19(29-24-18)14-5-9-25(10-6-14)20(27)21(28)7-8-21/h3-4,11-14,28H,5-10H2,1-2H3.